The van der Waals surface area contributed by atoms with Gasteiger partial charge in [-0.1, -0.05) is 0 Å². The lowest BCUT2D eigenvalue weighted by Gasteiger charge is -2.15. The van der Waals surface area contributed by atoms with Gasteiger partial charge in [-0.2, -0.15) is 0 Å². The predicted molar refractivity (Wildman–Crippen MR) is 60.1 cm³/mol. The number of nitrogens with one attached hydrogen (secondary N) is 1. The lowest BCUT2D eigenvalue weighted by atomic mass is 10.1. The largest absolute Gasteiger partial charge is 0.394 e. The summed E-state index contributed by atoms with van der Waals surface area (Å²) in [6, 6.07) is 0. The molecule has 1 fully saturated rings. The molecule has 0 spiro atoms. The molecule has 0 aromatic carbocycles. The SMILES string of the molecule is O=[N+]([O-])c1cnc(N[C@@H]2O[C@H](CO)[C@@H](O)[C@H]2O)nc1. The fourth-order valence-corrected chi connectivity index (χ4v) is 1.64. The molecule has 0 saturated carbocycles. The van der Waals surface area contributed by atoms with Crippen LogP contribution in [0.5, 0.6) is 0 Å². The number of aliphatic hydroxyl groups excluding tert-OH is 3. The van der Waals surface area contributed by atoms with Crippen LogP contribution in [0.4, 0.5) is 11.6 Å². The van der Waals surface area contributed by atoms with E-state index >= 15 is 0 Å². The number of nitro groups is 1. The van der Waals surface area contributed by atoms with Gasteiger partial charge in [0, 0.05) is 0 Å². The molecule has 10 nitrogen and oxygen atoms in total. The second kappa shape index (κ2) is 5.40. The number of hydrogen-bond acceptors (Lipinski definition) is 9. The quantitative estimate of drug-likeness (QED) is 0.369. The molecule has 0 radical (unpaired) electrons. The lowest BCUT2D eigenvalue weighted by Crippen LogP contribution is -2.36. The molecular formula is C9H12N4O6. The molecule has 0 amide bonds. The number of aliphatic hydroxyl groups is 3. The molecule has 4 N–H and O–H groups in total. The van der Waals surface area contributed by atoms with Crippen LogP contribution < -0.4 is 5.32 Å². The highest BCUT2D eigenvalue weighted by Crippen LogP contribution is 2.21. The van der Waals surface area contributed by atoms with Gasteiger partial charge in [0.15, 0.2) is 6.23 Å². The number of anilines is 1. The van der Waals surface area contributed by atoms with E-state index in [4.69, 9.17) is 9.84 Å². The minimum atomic E-state index is -1.27. The first-order chi connectivity index (χ1) is 9.02. The molecule has 104 valence electrons. The number of nitrogens with zero attached hydrogens (tertiary/aromatic N) is 3. The third-order valence-corrected chi connectivity index (χ3v) is 2.66. The van der Waals surface area contributed by atoms with Gasteiger partial charge in [-0.15, -0.1) is 0 Å². The van der Waals surface area contributed by atoms with Gasteiger partial charge < -0.3 is 25.4 Å². The van der Waals surface area contributed by atoms with E-state index in [9.17, 15) is 20.3 Å². The minimum Gasteiger partial charge on any atom is -0.394 e. The van der Waals surface area contributed by atoms with Crippen LogP contribution >= 0.6 is 0 Å². The maximum atomic E-state index is 10.4. The Morgan fingerprint density at radius 3 is 2.47 bits per heavy atom. The van der Waals surface area contributed by atoms with Gasteiger partial charge in [-0.3, -0.25) is 10.1 Å². The molecule has 2 rings (SSSR count). The maximum Gasteiger partial charge on any atom is 0.305 e. The molecular weight excluding hydrogens is 260 g/mol. The fraction of sp³-hybridized carbons (Fsp3) is 0.556. The van der Waals surface area contributed by atoms with Crippen molar-refractivity contribution in [1.29, 1.82) is 0 Å². The van der Waals surface area contributed by atoms with Crippen LogP contribution in [0.1, 0.15) is 0 Å². The first-order valence-electron chi connectivity index (χ1n) is 5.38. The van der Waals surface area contributed by atoms with E-state index < -0.39 is 36.1 Å². The van der Waals surface area contributed by atoms with E-state index in [1.165, 1.54) is 0 Å². The van der Waals surface area contributed by atoms with Crippen LogP contribution in [0.3, 0.4) is 0 Å². The number of aromatic nitrogens is 2. The molecule has 0 aliphatic carbocycles. The van der Waals surface area contributed by atoms with Crippen LogP contribution in [-0.4, -0.2) is 61.4 Å². The fourth-order valence-electron chi connectivity index (χ4n) is 1.64. The number of rotatable bonds is 4. The zero-order chi connectivity index (χ0) is 14.0. The summed E-state index contributed by atoms with van der Waals surface area (Å²) in [6.45, 7) is -0.447. The Kier molecular flexibility index (Phi) is 3.85. The number of ether oxygens (including phenoxy) is 1. The van der Waals surface area contributed by atoms with Crippen LogP contribution in [0, 0.1) is 10.1 Å². The molecule has 0 unspecified atom stereocenters. The number of hydrogen-bond donors (Lipinski definition) is 4. The summed E-state index contributed by atoms with van der Waals surface area (Å²) >= 11 is 0. The molecule has 1 aromatic heterocycles. The normalized spacial score (nSPS) is 30.3. The summed E-state index contributed by atoms with van der Waals surface area (Å²) in [4.78, 5) is 17.1. The van der Waals surface area contributed by atoms with Gasteiger partial charge in [0.2, 0.25) is 5.95 Å². The van der Waals surface area contributed by atoms with Crippen LogP contribution in [0.2, 0.25) is 0 Å². The van der Waals surface area contributed by atoms with E-state index in [1.807, 2.05) is 0 Å². The van der Waals surface area contributed by atoms with Crippen molar-refractivity contribution in [2.45, 2.75) is 24.5 Å². The zero-order valence-corrected chi connectivity index (χ0v) is 9.58. The first kappa shape index (κ1) is 13.5. The van der Waals surface area contributed by atoms with E-state index in [2.05, 4.69) is 15.3 Å². The highest BCUT2D eigenvalue weighted by molar-refractivity contribution is 5.31. The predicted octanol–water partition coefficient (Wildman–Crippen LogP) is -1.76. The average molecular weight is 272 g/mol. The van der Waals surface area contributed by atoms with Crippen molar-refractivity contribution >= 4 is 11.6 Å². The van der Waals surface area contributed by atoms with Crippen molar-refractivity contribution in [3.8, 4) is 0 Å². The monoisotopic (exact) mass is 272 g/mol. The van der Waals surface area contributed by atoms with Gasteiger partial charge in [0.1, 0.15) is 30.7 Å². The summed E-state index contributed by atoms with van der Waals surface area (Å²) < 4.78 is 5.14. The van der Waals surface area contributed by atoms with Crippen molar-refractivity contribution in [2.24, 2.45) is 0 Å². The van der Waals surface area contributed by atoms with E-state index in [0.717, 1.165) is 12.4 Å². The summed E-state index contributed by atoms with van der Waals surface area (Å²) in [5.74, 6) is 0.000407. The molecule has 2 heterocycles. The first-order valence-corrected chi connectivity index (χ1v) is 5.38. The molecule has 1 aromatic rings. The van der Waals surface area contributed by atoms with Gasteiger partial charge in [-0.25, -0.2) is 9.97 Å². The molecule has 10 heteroatoms. The van der Waals surface area contributed by atoms with E-state index in [-0.39, 0.29) is 11.6 Å². The third kappa shape index (κ3) is 2.76. The Balaban J connectivity index is 2.03. The Morgan fingerprint density at radius 1 is 1.37 bits per heavy atom. The van der Waals surface area contributed by atoms with Gasteiger partial charge in [-0.05, 0) is 0 Å². The third-order valence-electron chi connectivity index (χ3n) is 2.66. The molecule has 19 heavy (non-hydrogen) atoms. The Morgan fingerprint density at radius 2 is 2.00 bits per heavy atom. The smallest absolute Gasteiger partial charge is 0.305 e. The topological polar surface area (TPSA) is 151 Å². The van der Waals surface area contributed by atoms with Crippen molar-refractivity contribution in [3.05, 3.63) is 22.5 Å². The van der Waals surface area contributed by atoms with Crippen LogP contribution in [-0.2, 0) is 4.74 Å². The van der Waals surface area contributed by atoms with Crippen molar-refractivity contribution in [2.75, 3.05) is 11.9 Å². The highest BCUT2D eigenvalue weighted by Gasteiger charge is 2.42. The molecule has 4 atom stereocenters. The minimum absolute atomic E-state index is 0.000407. The Labute approximate surface area is 106 Å². The van der Waals surface area contributed by atoms with E-state index in [0.29, 0.717) is 0 Å². The van der Waals surface area contributed by atoms with Crippen LogP contribution in [0.15, 0.2) is 12.4 Å². The second-order valence-corrected chi connectivity index (χ2v) is 3.93. The van der Waals surface area contributed by atoms with Crippen molar-refractivity contribution in [1.82, 2.24) is 9.97 Å². The Hall–Kier alpha value is -1.88. The van der Waals surface area contributed by atoms with Crippen molar-refractivity contribution < 1.29 is 25.0 Å². The lowest BCUT2D eigenvalue weighted by molar-refractivity contribution is -0.385. The molecule has 1 saturated heterocycles. The van der Waals surface area contributed by atoms with E-state index in [1.54, 1.807) is 0 Å². The van der Waals surface area contributed by atoms with Gasteiger partial charge >= 0.3 is 5.69 Å². The highest BCUT2D eigenvalue weighted by atomic mass is 16.6. The van der Waals surface area contributed by atoms with Crippen LogP contribution in [0.25, 0.3) is 0 Å². The standard InChI is InChI=1S/C9H12N4O6/c14-3-5-6(15)7(16)8(19-5)12-9-10-1-4(2-11-9)13(17)18/h1-2,5-8,14-16H,3H2,(H,10,11,12)/t5-,6-,7-,8-/m1/s1. The average Bonchev–Trinajstić information content (AvgIpc) is 2.67. The summed E-state index contributed by atoms with van der Waals surface area (Å²) in [6.07, 6.45) is -2.43. The molecule has 1 aliphatic rings. The molecule has 1 aliphatic heterocycles. The summed E-state index contributed by atoms with van der Waals surface area (Å²) in [5, 5.41) is 41.1. The van der Waals surface area contributed by atoms with Gasteiger partial charge in [0.05, 0.1) is 11.5 Å². The Bertz CT molecular complexity index is 455. The second-order valence-electron chi connectivity index (χ2n) is 3.93. The zero-order valence-electron chi connectivity index (χ0n) is 9.58. The van der Waals surface area contributed by atoms with Crippen molar-refractivity contribution in [3.63, 3.8) is 0 Å². The van der Waals surface area contributed by atoms with Gasteiger partial charge in [0.25, 0.3) is 0 Å². The molecule has 0 bridgehead atoms. The summed E-state index contributed by atoms with van der Waals surface area (Å²) in [7, 11) is 0. The maximum absolute atomic E-state index is 10.4. The summed E-state index contributed by atoms with van der Waals surface area (Å²) in [5.41, 5.74) is -0.272.